The van der Waals surface area contributed by atoms with Crippen LogP contribution in [0.2, 0.25) is 0 Å². The molecule has 4 unspecified atom stereocenters. The number of ether oxygens (including phenoxy) is 2. The standard InChI is InChI=1S/C54H90O6/c1-34(32-59-47(57)20-10-35(2)41-16-18-43-45-14-12-37-30-39(55)22-24-51(37,6)53(45,8)28-26-49(41,43)4)33-60-48(58)21-11-36(3)42-17-19-44-46-15-13-38-31-40(56)23-25-52(38,7)54(46,9)29-27-50(42,44)5/h34-46,55-56H,10-33H2,1-9H3/t34?,35-,36-,37?,38?,39-,40-,41-,42-,43+,44+,45?,46?,49-,50-,51+,52+,53+,54+/m1/s1. The fourth-order valence-electron chi connectivity index (χ4n) is 18.9. The number of rotatable bonds is 12. The second-order valence-corrected chi connectivity index (χ2v) is 25.4. The first-order valence-corrected chi connectivity index (χ1v) is 26.0. The minimum atomic E-state index is -0.110. The van der Waals surface area contributed by atoms with Crippen LogP contribution in [0.3, 0.4) is 0 Å². The Balaban J connectivity index is 0.743. The van der Waals surface area contributed by atoms with Crippen molar-refractivity contribution in [1.29, 1.82) is 0 Å². The SMILES string of the molecule is CC(COC(=O)CC[C@@H](C)[C@H]1CC[C@H]2C3CCC4C[C@H](O)CC[C@]4(C)[C@@]3(C)CC[C@]12C)COC(=O)CC[C@@H](C)[C@H]1CC[C@H]2C3CCC4C[C@H](O)CC[C@]4(C)[C@@]3(C)CC[C@]12C. The number of hydrogen-bond donors (Lipinski definition) is 2. The molecule has 18 atom stereocenters. The van der Waals surface area contributed by atoms with E-state index in [4.69, 9.17) is 9.47 Å². The Hall–Kier alpha value is -1.14. The van der Waals surface area contributed by atoms with Crippen molar-refractivity contribution in [3.63, 3.8) is 0 Å². The van der Waals surface area contributed by atoms with E-state index >= 15 is 0 Å². The Morgan fingerprint density at radius 2 is 0.883 bits per heavy atom. The molecule has 0 aliphatic heterocycles. The maximum absolute atomic E-state index is 13.0. The van der Waals surface area contributed by atoms with Crippen molar-refractivity contribution in [2.45, 2.75) is 216 Å². The lowest BCUT2D eigenvalue weighted by Crippen LogP contribution is -2.60. The quantitative estimate of drug-likeness (QED) is 0.190. The van der Waals surface area contributed by atoms with E-state index in [9.17, 15) is 19.8 Å². The molecule has 0 saturated heterocycles. The van der Waals surface area contributed by atoms with Crippen LogP contribution in [-0.4, -0.2) is 47.6 Å². The Morgan fingerprint density at radius 1 is 0.500 bits per heavy atom. The van der Waals surface area contributed by atoms with E-state index in [-0.39, 0.29) is 30.1 Å². The summed E-state index contributed by atoms with van der Waals surface area (Å²) < 4.78 is 11.6. The van der Waals surface area contributed by atoms with Crippen LogP contribution in [0, 0.1) is 97.6 Å². The number of hydrogen-bond acceptors (Lipinski definition) is 6. The summed E-state index contributed by atoms with van der Waals surface area (Å²) in [6.45, 7) is 23.1. The zero-order valence-electron chi connectivity index (χ0n) is 40.0. The molecular formula is C54H90O6. The average molecular weight is 835 g/mol. The topological polar surface area (TPSA) is 93.1 Å². The van der Waals surface area contributed by atoms with E-state index in [0.29, 0.717) is 94.1 Å². The summed E-state index contributed by atoms with van der Waals surface area (Å²) in [7, 11) is 0. The Morgan fingerprint density at radius 3 is 1.28 bits per heavy atom. The molecule has 6 nitrogen and oxygen atoms in total. The molecule has 0 aromatic carbocycles. The normalized spacial score (nSPS) is 49.8. The third kappa shape index (κ3) is 7.40. The lowest BCUT2D eigenvalue weighted by molar-refractivity contribution is -0.186. The molecule has 60 heavy (non-hydrogen) atoms. The van der Waals surface area contributed by atoms with Crippen LogP contribution in [-0.2, 0) is 19.1 Å². The molecule has 0 amide bonds. The summed E-state index contributed by atoms with van der Waals surface area (Å²) in [5, 5.41) is 21.0. The molecule has 0 bridgehead atoms. The molecule has 8 rings (SSSR count). The lowest BCUT2D eigenvalue weighted by atomic mass is 9.38. The number of aliphatic hydroxyl groups is 2. The summed E-state index contributed by atoms with van der Waals surface area (Å²) in [5.74, 6) is 6.58. The molecule has 0 spiro atoms. The lowest BCUT2D eigenvalue weighted by Gasteiger charge is -2.67. The third-order valence-corrected chi connectivity index (χ3v) is 23.1. The van der Waals surface area contributed by atoms with E-state index in [1.54, 1.807) is 0 Å². The summed E-state index contributed by atoms with van der Waals surface area (Å²) in [4.78, 5) is 26.1. The van der Waals surface area contributed by atoms with Crippen LogP contribution >= 0.6 is 0 Å². The molecule has 8 saturated carbocycles. The zero-order valence-corrected chi connectivity index (χ0v) is 40.0. The van der Waals surface area contributed by atoms with Crippen LogP contribution in [0.5, 0.6) is 0 Å². The van der Waals surface area contributed by atoms with Gasteiger partial charge in [-0.15, -0.1) is 0 Å². The van der Waals surface area contributed by atoms with E-state index in [0.717, 1.165) is 62.2 Å². The molecule has 8 fully saturated rings. The van der Waals surface area contributed by atoms with Gasteiger partial charge >= 0.3 is 11.9 Å². The van der Waals surface area contributed by atoms with E-state index in [2.05, 4.69) is 55.4 Å². The summed E-state index contributed by atoms with van der Waals surface area (Å²) in [5.41, 5.74) is 2.18. The molecule has 342 valence electrons. The maximum atomic E-state index is 13.0. The number of esters is 2. The third-order valence-electron chi connectivity index (χ3n) is 23.1. The van der Waals surface area contributed by atoms with Crippen molar-refractivity contribution in [2.75, 3.05) is 13.2 Å². The Labute approximate surface area is 366 Å². The second-order valence-electron chi connectivity index (χ2n) is 25.4. The predicted molar refractivity (Wildman–Crippen MR) is 240 cm³/mol. The smallest absolute Gasteiger partial charge is 0.305 e. The Kier molecular flexibility index (Phi) is 12.6. The molecular weight excluding hydrogens is 745 g/mol. The first-order valence-electron chi connectivity index (χ1n) is 26.0. The van der Waals surface area contributed by atoms with Gasteiger partial charge in [-0.05, 0) is 220 Å². The highest BCUT2D eigenvalue weighted by Crippen LogP contribution is 2.75. The zero-order chi connectivity index (χ0) is 43.0. The second kappa shape index (κ2) is 16.7. The van der Waals surface area contributed by atoms with Gasteiger partial charge in [0, 0.05) is 18.8 Å². The van der Waals surface area contributed by atoms with E-state index in [1.807, 2.05) is 6.92 Å². The number of aliphatic hydroxyl groups excluding tert-OH is 2. The van der Waals surface area contributed by atoms with Crippen molar-refractivity contribution in [3.05, 3.63) is 0 Å². The highest BCUT2D eigenvalue weighted by molar-refractivity contribution is 5.69. The molecule has 0 aromatic heterocycles. The van der Waals surface area contributed by atoms with Gasteiger partial charge in [-0.2, -0.15) is 0 Å². The molecule has 8 aliphatic rings. The van der Waals surface area contributed by atoms with Crippen LogP contribution in [0.25, 0.3) is 0 Å². The van der Waals surface area contributed by atoms with Gasteiger partial charge in [0.2, 0.25) is 0 Å². The minimum Gasteiger partial charge on any atom is -0.465 e. The van der Waals surface area contributed by atoms with E-state index in [1.165, 1.54) is 89.9 Å². The molecule has 0 aromatic rings. The largest absolute Gasteiger partial charge is 0.465 e. The average Bonchev–Trinajstić information content (AvgIpc) is 3.75. The molecule has 6 heteroatoms. The van der Waals surface area contributed by atoms with Gasteiger partial charge in [-0.3, -0.25) is 9.59 Å². The van der Waals surface area contributed by atoms with Crippen LogP contribution < -0.4 is 0 Å². The van der Waals surface area contributed by atoms with Gasteiger partial charge in [-0.1, -0.05) is 62.3 Å². The monoisotopic (exact) mass is 835 g/mol. The number of carbonyl (C=O) groups excluding carboxylic acids is 2. The molecule has 2 N–H and O–H groups in total. The van der Waals surface area contributed by atoms with Crippen LogP contribution in [0.4, 0.5) is 0 Å². The van der Waals surface area contributed by atoms with Gasteiger partial charge in [0.25, 0.3) is 0 Å². The first-order chi connectivity index (χ1) is 28.3. The van der Waals surface area contributed by atoms with Gasteiger partial charge in [-0.25, -0.2) is 0 Å². The highest BCUT2D eigenvalue weighted by atomic mass is 16.5. The summed E-state index contributed by atoms with van der Waals surface area (Å²) in [6.07, 6.45) is 24.6. The summed E-state index contributed by atoms with van der Waals surface area (Å²) >= 11 is 0. The summed E-state index contributed by atoms with van der Waals surface area (Å²) in [6, 6.07) is 0. The van der Waals surface area contributed by atoms with Crippen molar-refractivity contribution in [3.8, 4) is 0 Å². The van der Waals surface area contributed by atoms with Crippen molar-refractivity contribution in [2.24, 2.45) is 97.6 Å². The fraction of sp³-hybridized carbons (Fsp3) is 0.963. The molecule has 8 aliphatic carbocycles. The number of fused-ring (bicyclic) bond motifs is 10. The first kappa shape index (κ1) is 45.4. The van der Waals surface area contributed by atoms with E-state index < -0.39 is 0 Å². The van der Waals surface area contributed by atoms with Crippen LogP contribution in [0.15, 0.2) is 0 Å². The predicted octanol–water partition coefficient (Wildman–Crippen LogP) is 12.4. The fourth-order valence-corrected chi connectivity index (χ4v) is 18.9. The van der Waals surface area contributed by atoms with Gasteiger partial charge in [0.05, 0.1) is 25.4 Å². The van der Waals surface area contributed by atoms with Crippen molar-refractivity contribution in [1.82, 2.24) is 0 Å². The molecule has 0 heterocycles. The van der Waals surface area contributed by atoms with Crippen molar-refractivity contribution < 1.29 is 29.3 Å². The van der Waals surface area contributed by atoms with Gasteiger partial charge in [0.15, 0.2) is 0 Å². The van der Waals surface area contributed by atoms with Gasteiger partial charge < -0.3 is 19.7 Å². The maximum Gasteiger partial charge on any atom is 0.305 e. The Bertz CT molecular complexity index is 1450. The van der Waals surface area contributed by atoms with Crippen LogP contribution in [0.1, 0.15) is 204 Å². The van der Waals surface area contributed by atoms with Gasteiger partial charge in [0.1, 0.15) is 0 Å². The number of carbonyl (C=O) groups is 2. The minimum absolute atomic E-state index is 0.0152. The molecule has 0 radical (unpaired) electrons. The highest BCUT2D eigenvalue weighted by Gasteiger charge is 2.67. The van der Waals surface area contributed by atoms with Crippen molar-refractivity contribution >= 4 is 11.9 Å².